The van der Waals surface area contributed by atoms with Crippen molar-refractivity contribution in [1.29, 1.82) is 0 Å². The third-order valence-electron chi connectivity index (χ3n) is 2.55. The number of benzene rings is 1. The Hall–Kier alpha value is -1.81. The molecule has 0 fully saturated rings. The molecule has 0 aliphatic carbocycles. The van der Waals surface area contributed by atoms with Gasteiger partial charge in [-0.15, -0.1) is 0 Å². The van der Waals surface area contributed by atoms with Gasteiger partial charge in [0, 0.05) is 17.6 Å². The molecule has 2 heterocycles. The van der Waals surface area contributed by atoms with Crippen LogP contribution in [0.2, 0.25) is 0 Å². The second-order valence-electron chi connectivity index (χ2n) is 3.62. The van der Waals surface area contributed by atoms with Gasteiger partial charge in [0.15, 0.2) is 0 Å². The lowest BCUT2D eigenvalue weighted by Gasteiger charge is -2.05. The summed E-state index contributed by atoms with van der Waals surface area (Å²) in [6.45, 7) is 0.855. The number of H-pyrrole nitrogens is 1. The van der Waals surface area contributed by atoms with E-state index in [1.54, 1.807) is 11.3 Å². The first-order valence-corrected chi connectivity index (χ1v) is 6.05. The molecule has 2 N–H and O–H groups in total. The second-order valence-corrected chi connectivity index (χ2v) is 4.40. The Morgan fingerprint density at radius 2 is 2.31 bits per heavy atom. The summed E-state index contributed by atoms with van der Waals surface area (Å²) in [5.74, 6) is 0. The number of thiophene rings is 1. The van der Waals surface area contributed by atoms with Gasteiger partial charge in [0.25, 0.3) is 0 Å². The molecule has 3 aromatic rings. The summed E-state index contributed by atoms with van der Waals surface area (Å²) in [4.78, 5) is 0. The molecule has 0 saturated heterocycles. The van der Waals surface area contributed by atoms with Crippen LogP contribution >= 0.6 is 11.3 Å². The molecule has 0 aliphatic heterocycles. The van der Waals surface area contributed by atoms with Crippen molar-refractivity contribution >= 4 is 27.9 Å². The van der Waals surface area contributed by atoms with Crippen LogP contribution in [-0.2, 0) is 6.54 Å². The number of fused-ring (bicyclic) bond motifs is 1. The lowest BCUT2D eigenvalue weighted by Crippen LogP contribution is -1.97. The van der Waals surface area contributed by atoms with Crippen molar-refractivity contribution in [3.8, 4) is 0 Å². The summed E-state index contributed by atoms with van der Waals surface area (Å²) in [6, 6.07) is 8.26. The Balaban J connectivity index is 1.86. The van der Waals surface area contributed by atoms with Crippen molar-refractivity contribution in [3.63, 3.8) is 0 Å². The van der Waals surface area contributed by atoms with Gasteiger partial charge in [-0.05, 0) is 34.5 Å². The van der Waals surface area contributed by atoms with Crippen LogP contribution in [0.15, 0.2) is 41.2 Å². The Morgan fingerprint density at radius 1 is 1.31 bits per heavy atom. The van der Waals surface area contributed by atoms with Crippen molar-refractivity contribution in [2.45, 2.75) is 6.54 Å². The SMILES string of the molecule is c1cc(NCc2ccsc2)c2cn[nH]c2c1. The van der Waals surface area contributed by atoms with E-state index in [4.69, 9.17) is 0 Å². The molecule has 3 rings (SSSR count). The van der Waals surface area contributed by atoms with E-state index in [9.17, 15) is 0 Å². The Morgan fingerprint density at radius 3 is 3.19 bits per heavy atom. The number of aromatic amines is 1. The quantitative estimate of drug-likeness (QED) is 0.724. The first kappa shape index (κ1) is 9.42. The molecule has 4 heteroatoms. The maximum absolute atomic E-state index is 4.04. The van der Waals surface area contributed by atoms with Crippen LogP contribution in [0.3, 0.4) is 0 Å². The predicted octanol–water partition coefficient (Wildman–Crippen LogP) is 3.24. The summed E-state index contributed by atoms with van der Waals surface area (Å²) in [7, 11) is 0. The third-order valence-corrected chi connectivity index (χ3v) is 3.28. The zero-order valence-electron chi connectivity index (χ0n) is 8.60. The van der Waals surface area contributed by atoms with E-state index in [0.29, 0.717) is 0 Å². The fraction of sp³-hybridized carbons (Fsp3) is 0.0833. The van der Waals surface area contributed by atoms with Crippen LogP contribution < -0.4 is 5.32 Å². The molecule has 0 aliphatic rings. The Kier molecular flexibility index (Phi) is 2.34. The summed E-state index contributed by atoms with van der Waals surface area (Å²) >= 11 is 1.72. The van der Waals surface area contributed by atoms with Crippen molar-refractivity contribution in [1.82, 2.24) is 10.2 Å². The van der Waals surface area contributed by atoms with Gasteiger partial charge in [-0.3, -0.25) is 5.10 Å². The lowest BCUT2D eigenvalue weighted by molar-refractivity contribution is 1.12. The van der Waals surface area contributed by atoms with Crippen molar-refractivity contribution < 1.29 is 0 Å². The molecule has 0 unspecified atom stereocenters. The topological polar surface area (TPSA) is 40.7 Å². The van der Waals surface area contributed by atoms with Crippen molar-refractivity contribution in [2.24, 2.45) is 0 Å². The molecule has 16 heavy (non-hydrogen) atoms. The summed E-state index contributed by atoms with van der Waals surface area (Å²) in [5, 5.41) is 15.8. The molecule has 0 amide bonds. The van der Waals surface area contributed by atoms with Crippen LogP contribution in [0.25, 0.3) is 10.9 Å². The van der Waals surface area contributed by atoms with Gasteiger partial charge in [0.05, 0.1) is 11.7 Å². The fourth-order valence-corrected chi connectivity index (χ4v) is 2.38. The van der Waals surface area contributed by atoms with E-state index in [2.05, 4.69) is 38.4 Å². The summed E-state index contributed by atoms with van der Waals surface area (Å²) in [6.07, 6.45) is 1.85. The largest absolute Gasteiger partial charge is 0.380 e. The monoisotopic (exact) mass is 229 g/mol. The number of anilines is 1. The molecule has 80 valence electrons. The van der Waals surface area contributed by atoms with Crippen molar-refractivity contribution in [3.05, 3.63) is 46.8 Å². The molecule has 3 nitrogen and oxygen atoms in total. The molecule has 0 spiro atoms. The van der Waals surface area contributed by atoms with Crippen LogP contribution in [0, 0.1) is 0 Å². The standard InChI is InChI=1S/C12H11N3S/c1-2-11(10-7-14-15-12(10)3-1)13-6-9-4-5-16-8-9/h1-5,7-8,13H,6H2,(H,14,15). The van der Waals surface area contributed by atoms with E-state index in [0.717, 1.165) is 23.1 Å². The van der Waals surface area contributed by atoms with Crippen LogP contribution in [-0.4, -0.2) is 10.2 Å². The highest BCUT2D eigenvalue weighted by Gasteiger charge is 2.01. The third kappa shape index (κ3) is 1.67. The van der Waals surface area contributed by atoms with Gasteiger partial charge in [0.1, 0.15) is 0 Å². The molecular formula is C12H11N3S. The van der Waals surface area contributed by atoms with Gasteiger partial charge < -0.3 is 5.32 Å². The normalized spacial score (nSPS) is 10.8. The highest BCUT2D eigenvalue weighted by molar-refractivity contribution is 7.07. The molecule has 0 bridgehead atoms. The zero-order chi connectivity index (χ0) is 10.8. The highest BCUT2D eigenvalue weighted by atomic mass is 32.1. The van der Waals surface area contributed by atoms with Crippen LogP contribution in [0.4, 0.5) is 5.69 Å². The lowest BCUT2D eigenvalue weighted by atomic mass is 10.2. The maximum atomic E-state index is 4.04. The Labute approximate surface area is 97.1 Å². The molecule has 0 radical (unpaired) electrons. The number of rotatable bonds is 3. The van der Waals surface area contributed by atoms with E-state index >= 15 is 0 Å². The van der Waals surface area contributed by atoms with Gasteiger partial charge in [-0.2, -0.15) is 16.4 Å². The molecule has 0 saturated carbocycles. The summed E-state index contributed by atoms with van der Waals surface area (Å²) < 4.78 is 0. The van der Waals surface area contributed by atoms with Gasteiger partial charge in [0.2, 0.25) is 0 Å². The van der Waals surface area contributed by atoms with Crippen molar-refractivity contribution in [2.75, 3.05) is 5.32 Å². The molecule has 2 aromatic heterocycles. The minimum Gasteiger partial charge on any atom is -0.380 e. The molecule has 1 aromatic carbocycles. The van der Waals surface area contributed by atoms with E-state index in [1.807, 2.05) is 18.3 Å². The number of nitrogens with one attached hydrogen (secondary N) is 2. The van der Waals surface area contributed by atoms with Gasteiger partial charge >= 0.3 is 0 Å². The Bertz CT molecular complexity index is 583. The number of hydrogen-bond donors (Lipinski definition) is 2. The first-order valence-electron chi connectivity index (χ1n) is 5.10. The number of aromatic nitrogens is 2. The zero-order valence-corrected chi connectivity index (χ0v) is 9.42. The average molecular weight is 229 g/mol. The maximum Gasteiger partial charge on any atom is 0.0671 e. The van der Waals surface area contributed by atoms with Crippen LogP contribution in [0.5, 0.6) is 0 Å². The van der Waals surface area contributed by atoms with Gasteiger partial charge in [-0.1, -0.05) is 6.07 Å². The smallest absolute Gasteiger partial charge is 0.0671 e. The summed E-state index contributed by atoms with van der Waals surface area (Å²) in [5.41, 5.74) is 3.50. The molecule has 0 atom stereocenters. The molecular weight excluding hydrogens is 218 g/mol. The van der Waals surface area contributed by atoms with E-state index in [-0.39, 0.29) is 0 Å². The highest BCUT2D eigenvalue weighted by Crippen LogP contribution is 2.21. The minimum atomic E-state index is 0.855. The average Bonchev–Trinajstić information content (AvgIpc) is 2.97. The van der Waals surface area contributed by atoms with Gasteiger partial charge in [-0.25, -0.2) is 0 Å². The van der Waals surface area contributed by atoms with E-state index in [1.165, 1.54) is 5.56 Å². The van der Waals surface area contributed by atoms with Crippen LogP contribution in [0.1, 0.15) is 5.56 Å². The fourth-order valence-electron chi connectivity index (χ4n) is 1.71. The first-order chi connectivity index (χ1) is 7.93. The van der Waals surface area contributed by atoms with E-state index < -0.39 is 0 Å². The number of nitrogens with zero attached hydrogens (tertiary/aromatic N) is 1. The minimum absolute atomic E-state index is 0.855. The predicted molar refractivity (Wildman–Crippen MR) is 67.7 cm³/mol. The second kappa shape index (κ2) is 3.98. The number of hydrogen-bond acceptors (Lipinski definition) is 3.